The van der Waals surface area contributed by atoms with Crippen LogP contribution in [0.25, 0.3) is 0 Å². The molecule has 154 valence electrons. The van der Waals surface area contributed by atoms with E-state index in [2.05, 4.69) is 0 Å². The average molecular weight is 425 g/mol. The van der Waals surface area contributed by atoms with Gasteiger partial charge in [-0.05, 0) is 24.6 Å². The molecule has 1 saturated heterocycles. The summed E-state index contributed by atoms with van der Waals surface area (Å²) in [6.45, 7) is 1.48. The van der Waals surface area contributed by atoms with Crippen molar-refractivity contribution in [3.05, 3.63) is 69.3 Å². The Balaban J connectivity index is 1.77. The number of piperazine rings is 1. The van der Waals surface area contributed by atoms with Crippen molar-refractivity contribution in [3.63, 3.8) is 0 Å². The van der Waals surface area contributed by atoms with Crippen LogP contribution in [0.15, 0.2) is 41.3 Å². The molecule has 1 aliphatic heterocycles. The SMILES string of the molecule is Cc1ccc([N+](=O)[O-])cc1S(=O)(=O)N1CCN(C(=O)c2cc(F)cc(F)c2)CC1. The summed E-state index contributed by atoms with van der Waals surface area (Å²) < 4.78 is 53.7. The standard InChI is InChI=1S/C18H17F2N3O5S/c1-12-2-3-16(23(25)26)11-17(12)29(27,28)22-6-4-21(5-7-22)18(24)13-8-14(19)10-15(20)9-13/h2-3,8-11H,4-7H2,1H3. The maximum atomic E-state index is 13.3. The third kappa shape index (κ3) is 4.25. The van der Waals surface area contributed by atoms with Gasteiger partial charge in [-0.15, -0.1) is 0 Å². The molecule has 1 amide bonds. The molecule has 1 heterocycles. The molecular weight excluding hydrogens is 408 g/mol. The number of benzene rings is 2. The predicted octanol–water partition coefficient (Wildman–Crippen LogP) is 2.33. The molecule has 0 N–H and O–H groups in total. The largest absolute Gasteiger partial charge is 0.336 e. The zero-order valence-electron chi connectivity index (χ0n) is 15.3. The fourth-order valence-electron chi connectivity index (χ4n) is 3.11. The summed E-state index contributed by atoms with van der Waals surface area (Å²) in [5.74, 6) is -2.36. The first-order valence-electron chi connectivity index (χ1n) is 8.60. The van der Waals surface area contributed by atoms with Gasteiger partial charge in [0.25, 0.3) is 11.6 Å². The lowest BCUT2D eigenvalue weighted by molar-refractivity contribution is -0.385. The molecule has 0 spiro atoms. The number of aryl methyl sites for hydroxylation is 1. The topological polar surface area (TPSA) is 101 Å². The van der Waals surface area contributed by atoms with Crippen molar-refractivity contribution in [2.24, 2.45) is 0 Å². The van der Waals surface area contributed by atoms with Gasteiger partial charge < -0.3 is 4.90 Å². The minimum atomic E-state index is -4.00. The summed E-state index contributed by atoms with van der Waals surface area (Å²) >= 11 is 0. The molecule has 0 saturated carbocycles. The van der Waals surface area contributed by atoms with Gasteiger partial charge in [0.15, 0.2) is 0 Å². The lowest BCUT2D eigenvalue weighted by Crippen LogP contribution is -2.50. The number of non-ortho nitro benzene ring substituents is 1. The molecule has 2 aromatic rings. The zero-order valence-corrected chi connectivity index (χ0v) is 16.2. The Morgan fingerprint density at radius 3 is 2.17 bits per heavy atom. The molecule has 29 heavy (non-hydrogen) atoms. The molecule has 0 atom stereocenters. The molecule has 1 fully saturated rings. The number of carbonyl (C=O) groups is 1. The fourth-order valence-corrected chi connectivity index (χ4v) is 4.78. The number of sulfonamides is 1. The molecule has 8 nitrogen and oxygen atoms in total. The van der Waals surface area contributed by atoms with E-state index in [0.29, 0.717) is 11.6 Å². The van der Waals surface area contributed by atoms with E-state index >= 15 is 0 Å². The van der Waals surface area contributed by atoms with Gasteiger partial charge in [0.05, 0.1) is 9.82 Å². The highest BCUT2D eigenvalue weighted by atomic mass is 32.2. The van der Waals surface area contributed by atoms with Crippen LogP contribution in [-0.2, 0) is 10.0 Å². The molecule has 3 rings (SSSR count). The van der Waals surface area contributed by atoms with Crippen LogP contribution in [0.5, 0.6) is 0 Å². The van der Waals surface area contributed by atoms with Gasteiger partial charge in [0.1, 0.15) is 11.6 Å². The summed E-state index contributed by atoms with van der Waals surface area (Å²) in [4.78, 5) is 23.9. The highest BCUT2D eigenvalue weighted by Gasteiger charge is 2.32. The molecule has 0 bridgehead atoms. The molecular formula is C18H17F2N3O5S. The summed E-state index contributed by atoms with van der Waals surface area (Å²) in [7, 11) is -4.00. The van der Waals surface area contributed by atoms with Crippen molar-refractivity contribution in [1.29, 1.82) is 0 Å². The third-order valence-corrected chi connectivity index (χ3v) is 6.68. The van der Waals surface area contributed by atoms with Gasteiger partial charge in [-0.3, -0.25) is 14.9 Å². The van der Waals surface area contributed by atoms with Gasteiger partial charge in [0, 0.05) is 49.9 Å². The van der Waals surface area contributed by atoms with Crippen molar-refractivity contribution in [2.75, 3.05) is 26.2 Å². The van der Waals surface area contributed by atoms with Crippen molar-refractivity contribution in [3.8, 4) is 0 Å². The second kappa shape index (κ2) is 7.84. The number of amides is 1. The van der Waals surface area contributed by atoms with Crippen LogP contribution in [0.1, 0.15) is 15.9 Å². The van der Waals surface area contributed by atoms with E-state index in [1.165, 1.54) is 24.0 Å². The molecule has 1 aliphatic rings. The second-order valence-electron chi connectivity index (χ2n) is 6.56. The fraction of sp³-hybridized carbons (Fsp3) is 0.278. The molecule has 0 aliphatic carbocycles. The Morgan fingerprint density at radius 1 is 1.03 bits per heavy atom. The Kier molecular flexibility index (Phi) is 5.62. The highest BCUT2D eigenvalue weighted by molar-refractivity contribution is 7.89. The minimum absolute atomic E-state index is 0.0180. The first-order valence-corrected chi connectivity index (χ1v) is 10.0. The van der Waals surface area contributed by atoms with Crippen LogP contribution in [-0.4, -0.2) is 54.6 Å². The lowest BCUT2D eigenvalue weighted by atomic mass is 10.1. The van der Waals surface area contributed by atoms with Gasteiger partial charge in [-0.1, -0.05) is 6.07 Å². The minimum Gasteiger partial charge on any atom is -0.336 e. The quantitative estimate of drug-likeness (QED) is 0.553. The predicted molar refractivity (Wildman–Crippen MR) is 98.9 cm³/mol. The van der Waals surface area contributed by atoms with E-state index in [0.717, 1.165) is 22.5 Å². The first-order chi connectivity index (χ1) is 13.6. The normalized spacial score (nSPS) is 15.3. The summed E-state index contributed by atoms with van der Waals surface area (Å²) in [6.07, 6.45) is 0. The lowest BCUT2D eigenvalue weighted by Gasteiger charge is -2.34. The van der Waals surface area contributed by atoms with Crippen LogP contribution in [0.4, 0.5) is 14.5 Å². The number of hydrogen-bond acceptors (Lipinski definition) is 5. The number of nitrogens with zero attached hydrogens (tertiary/aromatic N) is 3. The number of carbonyl (C=O) groups excluding carboxylic acids is 1. The second-order valence-corrected chi connectivity index (χ2v) is 8.47. The van der Waals surface area contributed by atoms with Crippen LogP contribution in [0, 0.1) is 28.7 Å². The van der Waals surface area contributed by atoms with Crippen LogP contribution < -0.4 is 0 Å². The number of halogens is 2. The molecule has 11 heteroatoms. The number of nitro groups is 1. The Hall–Kier alpha value is -2.92. The first kappa shape index (κ1) is 20.8. The van der Waals surface area contributed by atoms with E-state index in [1.54, 1.807) is 0 Å². The monoisotopic (exact) mass is 425 g/mol. The van der Waals surface area contributed by atoms with Gasteiger partial charge in [0.2, 0.25) is 10.0 Å². The Bertz CT molecular complexity index is 1060. The van der Waals surface area contributed by atoms with Crippen molar-refractivity contribution < 1.29 is 26.9 Å². The van der Waals surface area contributed by atoms with E-state index in [9.17, 15) is 32.1 Å². The summed E-state index contributed by atoms with van der Waals surface area (Å²) in [5, 5.41) is 11.0. The third-order valence-electron chi connectivity index (χ3n) is 4.64. The number of nitro benzene ring substituents is 1. The number of hydrogen-bond donors (Lipinski definition) is 0. The Morgan fingerprint density at radius 2 is 1.62 bits per heavy atom. The van der Waals surface area contributed by atoms with Gasteiger partial charge in [-0.2, -0.15) is 4.31 Å². The van der Waals surface area contributed by atoms with Gasteiger partial charge in [-0.25, -0.2) is 17.2 Å². The molecule has 0 radical (unpaired) electrons. The van der Waals surface area contributed by atoms with Gasteiger partial charge >= 0.3 is 0 Å². The summed E-state index contributed by atoms with van der Waals surface area (Å²) in [5.41, 5.74) is -0.131. The van der Waals surface area contributed by atoms with Crippen molar-refractivity contribution in [1.82, 2.24) is 9.21 Å². The maximum absolute atomic E-state index is 13.3. The van der Waals surface area contributed by atoms with Crippen LogP contribution >= 0.6 is 0 Å². The summed E-state index contributed by atoms with van der Waals surface area (Å²) in [6, 6.07) is 6.09. The maximum Gasteiger partial charge on any atom is 0.270 e. The van der Waals surface area contributed by atoms with Crippen LogP contribution in [0.3, 0.4) is 0 Å². The highest BCUT2D eigenvalue weighted by Crippen LogP contribution is 2.26. The number of rotatable bonds is 4. The van der Waals surface area contributed by atoms with E-state index in [1.807, 2.05) is 0 Å². The van der Waals surface area contributed by atoms with Crippen molar-refractivity contribution >= 4 is 21.6 Å². The molecule has 2 aromatic carbocycles. The zero-order chi connectivity index (χ0) is 21.3. The smallest absolute Gasteiger partial charge is 0.270 e. The molecule has 0 unspecified atom stereocenters. The Labute approximate surface area is 165 Å². The molecule has 0 aromatic heterocycles. The average Bonchev–Trinajstić information content (AvgIpc) is 2.66. The van der Waals surface area contributed by atoms with Crippen molar-refractivity contribution in [2.45, 2.75) is 11.8 Å². The van der Waals surface area contributed by atoms with E-state index in [4.69, 9.17) is 0 Å². The van der Waals surface area contributed by atoms with E-state index in [-0.39, 0.29) is 42.3 Å². The van der Waals surface area contributed by atoms with Crippen LogP contribution in [0.2, 0.25) is 0 Å². The van der Waals surface area contributed by atoms with E-state index < -0.39 is 32.5 Å².